The normalized spacial score (nSPS) is 19.1. The molecular formula is C18H25ClN2O2S. The van der Waals surface area contributed by atoms with Gasteiger partial charge in [-0.25, -0.2) is 8.42 Å². The van der Waals surface area contributed by atoms with Gasteiger partial charge in [-0.3, -0.25) is 0 Å². The summed E-state index contributed by atoms with van der Waals surface area (Å²) >= 11 is 0. The quantitative estimate of drug-likeness (QED) is 0.879. The second kappa shape index (κ2) is 8.30. The summed E-state index contributed by atoms with van der Waals surface area (Å²) in [6, 6.07) is 13.3. The molecule has 0 aliphatic carbocycles. The minimum atomic E-state index is -3.44. The number of halogens is 1. The van der Waals surface area contributed by atoms with Crippen molar-refractivity contribution in [2.75, 3.05) is 19.6 Å². The maximum absolute atomic E-state index is 13.1. The summed E-state index contributed by atoms with van der Waals surface area (Å²) in [5.74, 6) is 0. The fourth-order valence-electron chi connectivity index (χ4n) is 3.21. The van der Waals surface area contributed by atoms with E-state index in [1.54, 1.807) is 16.4 Å². The lowest BCUT2D eigenvalue weighted by Gasteiger charge is -2.35. The van der Waals surface area contributed by atoms with Gasteiger partial charge in [0.15, 0.2) is 0 Å². The number of hydrogen-bond donors (Lipinski definition) is 1. The number of nitrogens with zero attached hydrogens (tertiary/aromatic N) is 1. The van der Waals surface area contributed by atoms with Gasteiger partial charge < -0.3 is 5.32 Å². The van der Waals surface area contributed by atoms with E-state index >= 15 is 0 Å². The maximum Gasteiger partial charge on any atom is 0.243 e. The average Bonchev–Trinajstić information content (AvgIpc) is 2.59. The van der Waals surface area contributed by atoms with Crippen LogP contribution in [-0.2, 0) is 10.0 Å². The van der Waals surface area contributed by atoms with Crippen LogP contribution >= 0.6 is 12.4 Å². The highest BCUT2D eigenvalue weighted by molar-refractivity contribution is 7.89. The van der Waals surface area contributed by atoms with Crippen molar-refractivity contribution >= 4 is 33.2 Å². The molecule has 1 aliphatic heterocycles. The highest BCUT2D eigenvalue weighted by Gasteiger charge is 2.33. The van der Waals surface area contributed by atoms with Gasteiger partial charge in [0.05, 0.1) is 4.90 Å². The predicted molar refractivity (Wildman–Crippen MR) is 101 cm³/mol. The zero-order valence-electron chi connectivity index (χ0n) is 13.9. The Morgan fingerprint density at radius 3 is 2.67 bits per heavy atom. The Kier molecular flexibility index (Phi) is 6.63. The summed E-state index contributed by atoms with van der Waals surface area (Å²) in [5, 5.41) is 5.35. The summed E-state index contributed by atoms with van der Waals surface area (Å²) < 4.78 is 27.9. The molecule has 1 heterocycles. The van der Waals surface area contributed by atoms with Crippen molar-refractivity contribution < 1.29 is 8.42 Å². The molecule has 0 saturated carbocycles. The average molecular weight is 369 g/mol. The molecule has 1 aliphatic rings. The minimum absolute atomic E-state index is 0. The summed E-state index contributed by atoms with van der Waals surface area (Å²) in [6.07, 6.45) is 3.05. The Bertz CT molecular complexity index is 779. The van der Waals surface area contributed by atoms with Gasteiger partial charge in [0, 0.05) is 25.7 Å². The van der Waals surface area contributed by atoms with Crippen LogP contribution in [0.5, 0.6) is 0 Å². The van der Waals surface area contributed by atoms with Crippen molar-refractivity contribution in [2.45, 2.75) is 37.1 Å². The third-order valence-electron chi connectivity index (χ3n) is 4.51. The molecule has 3 rings (SSSR count). The Morgan fingerprint density at radius 1 is 1.17 bits per heavy atom. The lowest BCUT2D eigenvalue weighted by molar-refractivity contribution is 0.252. The number of sulfonamides is 1. The first-order valence-corrected chi connectivity index (χ1v) is 9.78. The molecule has 6 heteroatoms. The largest absolute Gasteiger partial charge is 0.314 e. The Morgan fingerprint density at radius 2 is 1.92 bits per heavy atom. The van der Waals surface area contributed by atoms with E-state index in [9.17, 15) is 8.42 Å². The zero-order chi connectivity index (χ0) is 16.3. The van der Waals surface area contributed by atoms with E-state index in [2.05, 4.69) is 12.2 Å². The fraction of sp³-hybridized carbons (Fsp3) is 0.444. The first-order valence-electron chi connectivity index (χ1n) is 8.34. The van der Waals surface area contributed by atoms with Gasteiger partial charge in [0.1, 0.15) is 0 Å². The second-order valence-corrected chi connectivity index (χ2v) is 8.02. The van der Waals surface area contributed by atoms with Crippen molar-refractivity contribution in [3.63, 3.8) is 0 Å². The van der Waals surface area contributed by atoms with E-state index in [4.69, 9.17) is 0 Å². The highest BCUT2D eigenvalue weighted by atomic mass is 35.5. The molecule has 1 fully saturated rings. The molecule has 1 unspecified atom stereocenters. The fourth-order valence-corrected chi connectivity index (χ4v) is 4.90. The molecule has 2 aromatic carbocycles. The predicted octanol–water partition coefficient (Wildman–Crippen LogP) is 3.41. The SMILES string of the molecule is CCCCC1CNCCN1S(=O)(=O)c1ccc2ccccc2c1.Cl. The molecule has 0 radical (unpaired) electrons. The van der Waals surface area contributed by atoms with Crippen molar-refractivity contribution in [3.05, 3.63) is 42.5 Å². The van der Waals surface area contributed by atoms with E-state index in [1.807, 2.05) is 30.3 Å². The summed E-state index contributed by atoms with van der Waals surface area (Å²) in [4.78, 5) is 0.402. The minimum Gasteiger partial charge on any atom is -0.314 e. The van der Waals surface area contributed by atoms with E-state index < -0.39 is 10.0 Å². The lowest BCUT2D eigenvalue weighted by atomic mass is 10.1. The monoisotopic (exact) mass is 368 g/mol. The molecule has 4 nitrogen and oxygen atoms in total. The first kappa shape index (κ1) is 19.2. The third kappa shape index (κ3) is 3.91. The summed E-state index contributed by atoms with van der Waals surface area (Å²) in [7, 11) is -3.44. The topological polar surface area (TPSA) is 49.4 Å². The lowest BCUT2D eigenvalue weighted by Crippen LogP contribution is -2.53. The first-order chi connectivity index (χ1) is 11.1. The Balaban J connectivity index is 0.00000208. The molecule has 132 valence electrons. The number of fused-ring (bicyclic) bond motifs is 1. The van der Waals surface area contributed by atoms with Crippen LogP contribution in [0.3, 0.4) is 0 Å². The number of rotatable bonds is 5. The molecule has 1 N–H and O–H groups in total. The van der Waals surface area contributed by atoms with Gasteiger partial charge in [0.2, 0.25) is 10.0 Å². The summed E-state index contributed by atoms with van der Waals surface area (Å²) in [5.41, 5.74) is 0. The van der Waals surface area contributed by atoms with Gasteiger partial charge in [-0.05, 0) is 29.3 Å². The van der Waals surface area contributed by atoms with Gasteiger partial charge in [-0.2, -0.15) is 4.31 Å². The number of piperazine rings is 1. The molecule has 1 saturated heterocycles. The number of hydrogen-bond acceptors (Lipinski definition) is 3. The Hall–Kier alpha value is -1.14. The van der Waals surface area contributed by atoms with E-state index in [0.29, 0.717) is 11.4 Å². The van der Waals surface area contributed by atoms with E-state index in [-0.39, 0.29) is 18.4 Å². The van der Waals surface area contributed by atoms with E-state index in [0.717, 1.165) is 43.1 Å². The van der Waals surface area contributed by atoms with Crippen molar-refractivity contribution in [1.29, 1.82) is 0 Å². The van der Waals surface area contributed by atoms with Gasteiger partial charge in [-0.1, -0.05) is 50.1 Å². The van der Waals surface area contributed by atoms with Crippen molar-refractivity contribution in [2.24, 2.45) is 0 Å². The van der Waals surface area contributed by atoms with Crippen molar-refractivity contribution in [3.8, 4) is 0 Å². The summed E-state index contributed by atoms with van der Waals surface area (Å²) in [6.45, 7) is 4.14. The smallest absolute Gasteiger partial charge is 0.243 e. The van der Waals surface area contributed by atoms with Crippen LogP contribution in [0.2, 0.25) is 0 Å². The van der Waals surface area contributed by atoms with Crippen LogP contribution in [0.4, 0.5) is 0 Å². The van der Waals surface area contributed by atoms with Gasteiger partial charge >= 0.3 is 0 Å². The second-order valence-electron chi connectivity index (χ2n) is 6.12. The maximum atomic E-state index is 13.1. The van der Waals surface area contributed by atoms with Crippen LogP contribution < -0.4 is 5.32 Å². The molecule has 0 spiro atoms. The van der Waals surface area contributed by atoms with Crippen LogP contribution in [0, 0.1) is 0 Å². The van der Waals surface area contributed by atoms with E-state index in [1.165, 1.54) is 0 Å². The molecule has 2 aromatic rings. The van der Waals surface area contributed by atoms with Crippen LogP contribution in [0.15, 0.2) is 47.4 Å². The standard InChI is InChI=1S/C18H24N2O2S.ClH/c1-2-3-8-17-14-19-11-12-20(17)23(21,22)18-10-9-15-6-4-5-7-16(15)13-18;/h4-7,9-10,13,17,19H,2-3,8,11-12,14H2,1H3;1H. The molecule has 0 aromatic heterocycles. The zero-order valence-corrected chi connectivity index (χ0v) is 15.6. The molecule has 1 atom stereocenters. The number of unbranched alkanes of at least 4 members (excludes halogenated alkanes) is 1. The van der Waals surface area contributed by atoms with Crippen LogP contribution in [0.1, 0.15) is 26.2 Å². The Labute approximate surface area is 150 Å². The van der Waals surface area contributed by atoms with Crippen LogP contribution in [-0.4, -0.2) is 38.4 Å². The number of benzene rings is 2. The van der Waals surface area contributed by atoms with Gasteiger partial charge in [0.25, 0.3) is 0 Å². The molecule has 0 amide bonds. The third-order valence-corrected chi connectivity index (χ3v) is 6.46. The van der Waals surface area contributed by atoms with Crippen LogP contribution in [0.25, 0.3) is 10.8 Å². The molecule has 0 bridgehead atoms. The highest BCUT2D eigenvalue weighted by Crippen LogP contribution is 2.25. The number of nitrogens with one attached hydrogen (secondary N) is 1. The molecular weight excluding hydrogens is 344 g/mol. The van der Waals surface area contributed by atoms with Gasteiger partial charge in [-0.15, -0.1) is 12.4 Å². The molecule has 24 heavy (non-hydrogen) atoms. The van der Waals surface area contributed by atoms with Crippen molar-refractivity contribution in [1.82, 2.24) is 9.62 Å².